The number of amidine groups is 1. The van der Waals surface area contributed by atoms with Crippen molar-refractivity contribution in [2.45, 2.75) is 105 Å². The van der Waals surface area contributed by atoms with E-state index in [2.05, 4.69) is 39.4 Å². The van der Waals surface area contributed by atoms with Crippen molar-refractivity contribution < 1.29 is 23.9 Å². The maximum atomic E-state index is 13.3. The highest BCUT2D eigenvalue weighted by Crippen LogP contribution is 2.16. The number of hydrogen-bond acceptors (Lipinski definition) is 7. The molecule has 1 heterocycles. The highest BCUT2D eigenvalue weighted by atomic mass is 19.1. The number of carbonyl (C=O) groups is 2. The smallest absolute Gasteiger partial charge is 0.270 e. The van der Waals surface area contributed by atoms with Gasteiger partial charge >= 0.3 is 0 Å². The molecule has 10 heteroatoms. The monoisotopic (exact) mass is 575 g/mol. The molecule has 1 fully saturated rings. The molecule has 230 valence electrons. The number of rotatable bonds is 8. The van der Waals surface area contributed by atoms with E-state index >= 15 is 0 Å². The number of aliphatic hydroxyl groups excluding tert-OH is 1. The van der Waals surface area contributed by atoms with Crippen LogP contribution in [0.15, 0.2) is 46.0 Å². The first-order valence-corrected chi connectivity index (χ1v) is 14.4. The second-order valence-electron chi connectivity index (χ2n) is 9.61. The van der Waals surface area contributed by atoms with Gasteiger partial charge in [-0.2, -0.15) is 0 Å². The van der Waals surface area contributed by atoms with Crippen LogP contribution in [0.4, 0.5) is 4.39 Å². The van der Waals surface area contributed by atoms with E-state index in [0.29, 0.717) is 24.2 Å². The summed E-state index contributed by atoms with van der Waals surface area (Å²) in [4.78, 5) is 35.1. The number of benzene rings is 1. The maximum absolute atomic E-state index is 13.3. The molecule has 1 saturated carbocycles. The van der Waals surface area contributed by atoms with E-state index in [1.165, 1.54) is 51.2 Å². The van der Waals surface area contributed by atoms with E-state index in [4.69, 9.17) is 9.94 Å². The zero-order chi connectivity index (χ0) is 31.2. The number of halogens is 1. The molecule has 2 aliphatic rings. The van der Waals surface area contributed by atoms with Crippen molar-refractivity contribution in [3.63, 3.8) is 0 Å². The Morgan fingerprint density at radius 3 is 2.39 bits per heavy atom. The Hall–Kier alpha value is -3.24. The predicted molar refractivity (Wildman–Crippen MR) is 166 cm³/mol. The molecule has 1 aliphatic carbocycles. The first kappa shape index (κ1) is 37.8. The summed E-state index contributed by atoms with van der Waals surface area (Å²) in [5.41, 5.74) is 2.36. The highest BCUT2D eigenvalue weighted by Gasteiger charge is 2.15. The van der Waals surface area contributed by atoms with Crippen LogP contribution in [0.5, 0.6) is 0 Å². The fourth-order valence-electron chi connectivity index (χ4n) is 3.75. The molecule has 3 rings (SSSR count). The van der Waals surface area contributed by atoms with Crippen LogP contribution in [0.1, 0.15) is 84.3 Å². The van der Waals surface area contributed by atoms with Crippen LogP contribution < -0.4 is 10.6 Å². The lowest BCUT2D eigenvalue weighted by atomic mass is 9.96. The molecule has 9 nitrogen and oxygen atoms in total. The summed E-state index contributed by atoms with van der Waals surface area (Å²) >= 11 is 0. The summed E-state index contributed by atoms with van der Waals surface area (Å²) < 4.78 is 13.3. The van der Waals surface area contributed by atoms with Crippen LogP contribution in [-0.2, 0) is 21.0 Å². The van der Waals surface area contributed by atoms with Crippen LogP contribution in [-0.4, -0.2) is 66.4 Å². The van der Waals surface area contributed by atoms with E-state index in [0.717, 1.165) is 23.7 Å². The fourth-order valence-corrected chi connectivity index (χ4v) is 3.75. The maximum Gasteiger partial charge on any atom is 0.270 e. The van der Waals surface area contributed by atoms with Crippen molar-refractivity contribution in [1.29, 1.82) is 0 Å². The minimum Gasteiger partial charge on any atom is -0.392 e. The Balaban J connectivity index is 0.000000872. The molecular weight excluding hydrogens is 525 g/mol. The van der Waals surface area contributed by atoms with E-state index in [-0.39, 0.29) is 30.1 Å². The molecule has 3 N–H and O–H groups in total. The van der Waals surface area contributed by atoms with Gasteiger partial charge in [-0.05, 0) is 70.9 Å². The number of aldehydes is 1. The second kappa shape index (κ2) is 22.4. The normalized spacial score (nSPS) is 17.6. The minimum atomic E-state index is -0.796. The Kier molecular flexibility index (Phi) is 20.7. The molecule has 1 aromatic rings. The SMILES string of the molecule is C=CC(=NC(C)=NCC1=NOC(C)C1)C(=O)NCc1ccc(F)c(C)c1.CC.CC(O)C=O.CNC1CCCCC1. The molecule has 1 aromatic carbocycles. The molecule has 1 aliphatic heterocycles. The van der Waals surface area contributed by atoms with Gasteiger partial charge in [0.15, 0.2) is 0 Å². The van der Waals surface area contributed by atoms with Crippen LogP contribution in [0.3, 0.4) is 0 Å². The molecule has 2 unspecified atom stereocenters. The van der Waals surface area contributed by atoms with Crippen molar-refractivity contribution in [2.24, 2.45) is 15.1 Å². The quantitative estimate of drug-likeness (QED) is 0.226. The first-order chi connectivity index (χ1) is 19.6. The number of nitrogens with one attached hydrogen (secondary N) is 2. The molecule has 41 heavy (non-hydrogen) atoms. The molecule has 0 radical (unpaired) electrons. The van der Waals surface area contributed by atoms with Crippen molar-refractivity contribution >= 4 is 29.5 Å². The number of carbonyl (C=O) groups excluding carboxylic acids is 2. The number of nitrogens with zero attached hydrogens (tertiary/aromatic N) is 3. The van der Waals surface area contributed by atoms with Gasteiger partial charge in [-0.1, -0.05) is 57.0 Å². The van der Waals surface area contributed by atoms with Crippen molar-refractivity contribution in [2.75, 3.05) is 13.6 Å². The van der Waals surface area contributed by atoms with Crippen LogP contribution in [0.2, 0.25) is 0 Å². The van der Waals surface area contributed by atoms with E-state index < -0.39 is 6.10 Å². The average Bonchev–Trinajstić information content (AvgIpc) is 3.42. The van der Waals surface area contributed by atoms with Gasteiger partial charge in [0.2, 0.25) is 0 Å². The minimum absolute atomic E-state index is 0.0774. The van der Waals surface area contributed by atoms with Gasteiger partial charge in [-0.25, -0.2) is 9.38 Å². The van der Waals surface area contributed by atoms with Crippen molar-refractivity contribution in [1.82, 2.24) is 10.6 Å². The summed E-state index contributed by atoms with van der Waals surface area (Å²) in [7, 11) is 2.07. The highest BCUT2D eigenvalue weighted by molar-refractivity contribution is 6.44. The number of aryl methyl sites for hydroxylation is 1. The zero-order valence-corrected chi connectivity index (χ0v) is 25.9. The molecule has 1 amide bonds. The average molecular weight is 576 g/mol. The Morgan fingerprint density at radius 2 is 1.93 bits per heavy atom. The third-order valence-electron chi connectivity index (χ3n) is 5.97. The van der Waals surface area contributed by atoms with Gasteiger partial charge in [0.1, 0.15) is 35.9 Å². The first-order valence-electron chi connectivity index (χ1n) is 14.4. The van der Waals surface area contributed by atoms with Crippen molar-refractivity contribution in [3.05, 3.63) is 47.8 Å². The predicted octanol–water partition coefficient (Wildman–Crippen LogP) is 5.09. The zero-order valence-electron chi connectivity index (χ0n) is 25.9. The molecular formula is C31H50FN5O4. The van der Waals surface area contributed by atoms with Crippen molar-refractivity contribution in [3.8, 4) is 0 Å². The lowest BCUT2D eigenvalue weighted by molar-refractivity contribution is -0.115. The topological polar surface area (TPSA) is 125 Å². The lowest BCUT2D eigenvalue weighted by Gasteiger charge is -2.20. The van der Waals surface area contributed by atoms with Gasteiger partial charge in [-0.15, -0.1) is 0 Å². The lowest BCUT2D eigenvalue weighted by Crippen LogP contribution is -2.30. The second-order valence-corrected chi connectivity index (χ2v) is 9.61. The summed E-state index contributed by atoms with van der Waals surface area (Å²) in [5, 5.41) is 18.0. The number of hydrogen-bond donors (Lipinski definition) is 3. The molecule has 0 bridgehead atoms. The Morgan fingerprint density at radius 1 is 1.29 bits per heavy atom. The van der Waals surface area contributed by atoms with Gasteiger partial charge in [-0.3, -0.25) is 9.79 Å². The third-order valence-corrected chi connectivity index (χ3v) is 5.97. The number of aliphatic imine (C=N–C) groups is 2. The van der Waals surface area contributed by atoms with E-state index in [9.17, 15) is 14.0 Å². The number of oxime groups is 1. The summed E-state index contributed by atoms with van der Waals surface area (Å²) in [6.07, 6.45) is 9.00. The summed E-state index contributed by atoms with van der Waals surface area (Å²) in [6.45, 7) is 15.0. The van der Waals surface area contributed by atoms with Crippen LogP contribution in [0.25, 0.3) is 0 Å². The third kappa shape index (κ3) is 17.2. The standard InChI is InChI=1S/C19H23FN4O2.C7H15N.C3H6O2.C2H6/c1-5-18(23-14(4)21-11-16-9-13(3)26-24-16)19(25)22-10-15-6-7-17(20)12(2)8-15;1-8-7-5-3-2-4-6-7;1-3(5)2-4;1-2/h5-8,13H,1,9-11H2,2-4H3,(H,22,25);7-8H,2-6H2,1H3;2-3,5H,1H3;1-2H3. The Labute approximate surface area is 245 Å². The summed E-state index contributed by atoms with van der Waals surface area (Å²) in [6, 6.07) is 5.54. The van der Waals surface area contributed by atoms with Gasteiger partial charge in [0.05, 0.1) is 12.3 Å². The van der Waals surface area contributed by atoms with E-state index in [1.807, 2.05) is 20.8 Å². The summed E-state index contributed by atoms with van der Waals surface area (Å²) in [5.74, 6) is -0.187. The number of amides is 1. The Bertz CT molecular complexity index is 1020. The van der Waals surface area contributed by atoms with Crippen LogP contribution in [0, 0.1) is 12.7 Å². The molecule has 0 saturated heterocycles. The molecule has 0 spiro atoms. The van der Waals surface area contributed by atoms with Crippen LogP contribution >= 0.6 is 0 Å². The molecule has 0 aromatic heterocycles. The van der Waals surface area contributed by atoms with Gasteiger partial charge in [0, 0.05) is 19.0 Å². The van der Waals surface area contributed by atoms with Gasteiger partial charge in [0.25, 0.3) is 5.91 Å². The fraction of sp³-hybridized carbons (Fsp3) is 0.581. The largest absolute Gasteiger partial charge is 0.392 e. The van der Waals surface area contributed by atoms with E-state index in [1.54, 1.807) is 26.0 Å². The molecule has 2 atom stereocenters. The van der Waals surface area contributed by atoms with Gasteiger partial charge < -0.3 is 25.4 Å². The number of aliphatic hydroxyl groups is 1.